The van der Waals surface area contributed by atoms with Crippen molar-refractivity contribution >= 4 is 102 Å². The van der Waals surface area contributed by atoms with E-state index in [9.17, 15) is 115 Å². The number of carboxylic acids is 8. The fourth-order valence-corrected chi connectivity index (χ4v) is 15.0. The number of benzene rings is 4. The van der Waals surface area contributed by atoms with Crippen molar-refractivity contribution in [2.45, 2.75) is 54.2 Å². The molecule has 4 amide bonds. The van der Waals surface area contributed by atoms with Crippen LogP contribution < -0.4 is 9.47 Å². The van der Waals surface area contributed by atoms with Gasteiger partial charge in [0.1, 0.15) is 63.9 Å². The molecule has 0 radical (unpaired) electrons. The van der Waals surface area contributed by atoms with E-state index in [1.165, 1.54) is 0 Å². The van der Waals surface area contributed by atoms with Gasteiger partial charge in [0.2, 0.25) is 19.7 Å². The number of aliphatic carboxylic acids is 8. The minimum atomic E-state index is -6.58. The second kappa shape index (κ2) is 26.9. The summed E-state index contributed by atoms with van der Waals surface area (Å²) < 4.78 is 172. The van der Waals surface area contributed by atoms with Crippen molar-refractivity contribution in [2.75, 3.05) is 66.6 Å². The topological polar surface area (TPSA) is 466 Å². The van der Waals surface area contributed by atoms with Gasteiger partial charge in [-0.05, 0) is 71.5 Å². The van der Waals surface area contributed by atoms with Gasteiger partial charge in [-0.25, -0.2) is 16.8 Å². The summed E-state index contributed by atoms with van der Waals surface area (Å²) in [6.45, 7) is -9.10. The molecule has 7 rings (SSSR count). The first-order valence-corrected chi connectivity index (χ1v) is 30.5. The van der Waals surface area contributed by atoms with E-state index in [1.54, 1.807) is 0 Å². The van der Waals surface area contributed by atoms with Gasteiger partial charge in [-0.2, -0.15) is 26.3 Å². The molecule has 97 heavy (non-hydrogen) atoms. The monoisotopic (exact) mass is 1410 g/mol. The number of hydrogen-bond donors (Lipinski definition) is 8. The predicted octanol–water partition coefficient (Wildman–Crippen LogP) is 4.22. The zero-order chi connectivity index (χ0) is 72.8. The number of carboxylic acid groups (broad SMARTS) is 8. The largest absolute Gasteiger partial charge is 0.495 e. The number of allylic oxidation sites excluding steroid dienone is 6. The number of alkyl halides is 6. The lowest BCUT2D eigenvalue weighted by molar-refractivity contribution is -0.263. The van der Waals surface area contributed by atoms with Crippen LogP contribution in [0.3, 0.4) is 0 Å². The van der Waals surface area contributed by atoms with E-state index >= 15 is 26.3 Å². The van der Waals surface area contributed by atoms with Crippen LogP contribution in [0.1, 0.15) is 79.2 Å². The molecule has 0 spiro atoms. The van der Waals surface area contributed by atoms with E-state index in [2.05, 4.69) is 0 Å². The molecule has 0 saturated heterocycles. The lowest BCUT2D eigenvalue weighted by Crippen LogP contribution is -2.49. The third kappa shape index (κ3) is 13.3. The second-order valence-corrected chi connectivity index (χ2v) is 25.1. The molecular formula is C59H50F6N4O26S2. The molecule has 0 atom stereocenters. The molecular weight excluding hydrogens is 1360 g/mol. The zero-order valence-electron chi connectivity index (χ0n) is 50.1. The summed E-state index contributed by atoms with van der Waals surface area (Å²) in [5.74, 6) is -41.6. The fourth-order valence-electron chi connectivity index (χ4n) is 11.2. The quantitative estimate of drug-likeness (QED) is 0.0369. The Morgan fingerprint density at radius 3 is 0.804 bits per heavy atom. The highest BCUT2D eigenvalue weighted by atomic mass is 32.2. The number of hydrogen-bond acceptors (Lipinski definition) is 18. The van der Waals surface area contributed by atoms with Crippen molar-refractivity contribution in [3.63, 3.8) is 0 Å². The summed E-state index contributed by atoms with van der Waals surface area (Å²) >= 11 is 0. The first-order chi connectivity index (χ1) is 45.0. The third-order valence-corrected chi connectivity index (χ3v) is 19.1. The third-order valence-electron chi connectivity index (χ3n) is 15.0. The molecule has 0 saturated carbocycles. The van der Waals surface area contributed by atoms with E-state index in [0.717, 1.165) is 64.5 Å². The molecule has 2 aliphatic heterocycles. The maximum Gasteiger partial charge on any atom is 0.380 e. The number of carbonyl (C=O) groups excluding carboxylic acids is 4. The maximum absolute atomic E-state index is 17.2. The first-order valence-electron chi connectivity index (χ1n) is 27.5. The van der Waals surface area contributed by atoms with Crippen molar-refractivity contribution in [1.82, 2.24) is 19.6 Å². The molecule has 8 N–H and O–H groups in total. The van der Waals surface area contributed by atoms with Gasteiger partial charge < -0.3 is 69.9 Å². The van der Waals surface area contributed by atoms with Crippen LogP contribution in [0.15, 0.2) is 91.4 Å². The lowest BCUT2D eigenvalue weighted by Gasteiger charge is -2.26. The van der Waals surface area contributed by atoms with Gasteiger partial charge in [-0.15, -0.1) is 0 Å². The Morgan fingerprint density at radius 2 is 0.608 bits per heavy atom. The smallest absolute Gasteiger partial charge is 0.380 e. The number of halogens is 6. The Morgan fingerprint density at radius 1 is 0.381 bits per heavy atom. The minimum Gasteiger partial charge on any atom is -0.495 e. The van der Waals surface area contributed by atoms with E-state index in [0.29, 0.717) is 24.3 Å². The first kappa shape index (κ1) is 73.2. The van der Waals surface area contributed by atoms with E-state index in [4.69, 9.17) is 9.47 Å². The number of amides is 4. The van der Waals surface area contributed by atoms with Crippen molar-refractivity contribution in [2.24, 2.45) is 0 Å². The van der Waals surface area contributed by atoms with Crippen molar-refractivity contribution in [3.05, 3.63) is 115 Å². The number of sulfone groups is 2. The number of nitrogens with zero attached hydrogens (tertiary/aromatic N) is 4. The zero-order valence-corrected chi connectivity index (χ0v) is 51.8. The van der Waals surface area contributed by atoms with Crippen LogP contribution in [0, 0.1) is 0 Å². The van der Waals surface area contributed by atoms with Gasteiger partial charge in [0.25, 0.3) is 23.6 Å². The average molecular weight is 1410 g/mol. The highest BCUT2D eigenvalue weighted by Crippen LogP contribution is 2.68. The Labute approximate surface area is 540 Å². The molecule has 0 fully saturated rings. The Kier molecular flexibility index (Phi) is 20.3. The molecule has 0 unspecified atom stereocenters. The molecule has 38 heteroatoms. The van der Waals surface area contributed by atoms with Gasteiger partial charge in [0, 0.05) is 33.4 Å². The van der Waals surface area contributed by atoms with Crippen LogP contribution in [-0.4, -0.2) is 233 Å². The van der Waals surface area contributed by atoms with Crippen LogP contribution in [0.4, 0.5) is 26.3 Å². The number of ether oxygens (including phenoxy) is 2. The summed E-state index contributed by atoms with van der Waals surface area (Å²) in [5, 5.41) is 76.7. The second-order valence-electron chi connectivity index (χ2n) is 21.2. The van der Waals surface area contributed by atoms with E-state index < -0.39 is 283 Å². The standard InChI is InChI=1S/C59H50F6N4O26S2/c1-5-35-47(29-9-7-25(15-37(29)96(35,90)91)27-11-31(53(86)66(17-39(70)71)18-40(72)73)51(94-3)32(12-27)54(87)67(19-41(74)75)20-42(76)77)49-50(58(62,63)59(64,65)57(49,60)61)48-30-10-8-26(16-38(30)97(92,93)36(48)6-2)28-13-33(55(88)68(21-43(78)79)22-44(80)81)52(95-4)34(14-28)56(89)69(23-45(82)83)24-46(84)85/h7-16H,5-6,17-24H2,1-4H3,(H,70,71)(H,72,73)(H,74,75)(H,76,77)(H,78,79)(H,80,81)(H,82,83)(H,84,85). The van der Waals surface area contributed by atoms with Crippen LogP contribution >= 0.6 is 0 Å². The molecule has 3 aliphatic rings. The Hall–Kier alpha value is -11.2. The van der Waals surface area contributed by atoms with E-state index in [1.807, 2.05) is 0 Å². The van der Waals surface area contributed by atoms with E-state index in [-0.39, 0.29) is 19.6 Å². The normalized spacial score (nSPS) is 15.8. The summed E-state index contributed by atoms with van der Waals surface area (Å²) in [6.07, 6.45) is -2.00. The highest BCUT2D eigenvalue weighted by molar-refractivity contribution is 7.96. The molecule has 2 heterocycles. The van der Waals surface area contributed by atoms with Gasteiger partial charge in [-0.3, -0.25) is 57.5 Å². The van der Waals surface area contributed by atoms with Gasteiger partial charge in [-0.1, -0.05) is 38.1 Å². The summed E-state index contributed by atoms with van der Waals surface area (Å²) in [7, 11) is -9.33. The Bertz CT molecular complexity index is 4040. The molecule has 4 aromatic rings. The molecule has 0 bridgehead atoms. The molecule has 4 aromatic carbocycles. The fraction of sp³-hybridized carbons (Fsp3) is 0.288. The van der Waals surface area contributed by atoms with Gasteiger partial charge in [0.15, 0.2) is 0 Å². The lowest BCUT2D eigenvalue weighted by atomic mass is 9.86. The van der Waals surface area contributed by atoms with Gasteiger partial charge >= 0.3 is 65.5 Å². The van der Waals surface area contributed by atoms with Crippen LogP contribution in [-0.2, 0) is 58.0 Å². The number of rotatable bonds is 28. The maximum atomic E-state index is 17.2. The SMILES string of the molecule is CCC1=C(C2=C(C3=C(CC)S(=O)(=O)c4cc(-c5cc(C(=O)N(CC(=O)O)CC(=O)O)c(OC)c(C(=O)N(CC(=O)O)CC(=O)O)c5)ccc43)C(F)(F)C(F)(F)C2(F)F)c2ccc(-c3cc(C(=O)N(CC(=O)O)CC(=O)O)c(OC)c(C(=O)N(CC(=O)O)CC(=O)O)c3)cc2S1(=O)=O. The number of carbonyl (C=O) groups is 12. The average Bonchev–Trinajstić information content (AvgIpc) is 1.51. The molecule has 0 aromatic heterocycles. The summed E-state index contributed by atoms with van der Waals surface area (Å²) in [4.78, 5) is 148. The minimum absolute atomic E-state index is 0.177. The van der Waals surface area contributed by atoms with Crippen LogP contribution in [0.5, 0.6) is 11.5 Å². The van der Waals surface area contributed by atoms with Crippen molar-refractivity contribution < 1.29 is 151 Å². The molecule has 30 nitrogen and oxygen atoms in total. The number of methoxy groups -OCH3 is 2. The predicted molar refractivity (Wildman–Crippen MR) is 312 cm³/mol. The van der Waals surface area contributed by atoms with Crippen LogP contribution in [0.25, 0.3) is 33.4 Å². The summed E-state index contributed by atoms with van der Waals surface area (Å²) in [5.41, 5.74) is -16.1. The van der Waals surface area contributed by atoms with Crippen LogP contribution in [0.2, 0.25) is 0 Å². The Balaban J connectivity index is 1.53. The number of fused-ring (bicyclic) bond motifs is 2. The highest BCUT2D eigenvalue weighted by Gasteiger charge is 2.81. The van der Waals surface area contributed by atoms with Crippen molar-refractivity contribution in [1.29, 1.82) is 0 Å². The molecule has 1 aliphatic carbocycles. The summed E-state index contributed by atoms with van der Waals surface area (Å²) in [6, 6.07) is 6.81. The molecule has 516 valence electrons. The van der Waals surface area contributed by atoms with Gasteiger partial charge in [0.05, 0.1) is 56.1 Å². The van der Waals surface area contributed by atoms with Crippen molar-refractivity contribution in [3.8, 4) is 33.8 Å².